The third-order valence-corrected chi connectivity index (χ3v) is 6.90. The highest BCUT2D eigenvalue weighted by Gasteiger charge is 2.28. The number of benzene rings is 1. The molecule has 0 bridgehead atoms. The number of rotatable bonds is 5. The van der Waals surface area contributed by atoms with Crippen LogP contribution in [0.4, 0.5) is 21.0 Å². The second-order valence-electron chi connectivity index (χ2n) is 9.30. The molecule has 0 unspecified atom stereocenters. The summed E-state index contributed by atoms with van der Waals surface area (Å²) >= 11 is 9.48. The second kappa shape index (κ2) is 10.1. The molecule has 35 heavy (non-hydrogen) atoms. The van der Waals surface area contributed by atoms with Gasteiger partial charge in [-0.3, -0.25) is 0 Å². The van der Waals surface area contributed by atoms with Crippen LogP contribution in [0.5, 0.6) is 0 Å². The molecule has 4 rings (SSSR count). The van der Waals surface area contributed by atoms with Crippen molar-refractivity contribution in [1.82, 2.24) is 24.4 Å². The van der Waals surface area contributed by atoms with E-state index in [-0.39, 0.29) is 21.1 Å². The molecule has 1 N–H and O–H groups in total. The highest BCUT2D eigenvalue weighted by atomic mass is 79.9. The first-order chi connectivity index (χ1) is 16.5. The molecule has 1 aliphatic heterocycles. The molecule has 9 nitrogen and oxygen atoms in total. The second-order valence-corrected chi connectivity index (χ2v) is 10.5. The van der Waals surface area contributed by atoms with E-state index in [0.717, 1.165) is 5.82 Å². The summed E-state index contributed by atoms with van der Waals surface area (Å²) in [6.07, 6.45) is 3.29. The minimum Gasteiger partial charge on any atom is -0.444 e. The molecule has 2 aromatic heterocycles. The lowest BCUT2D eigenvalue weighted by atomic mass is 10.2. The van der Waals surface area contributed by atoms with Gasteiger partial charge in [-0.2, -0.15) is 4.98 Å². The molecule has 3 heterocycles. The topological polar surface area (TPSA) is 88.4 Å². The fraction of sp³-hybridized carbons (Fsp3) is 0.478. The van der Waals surface area contributed by atoms with E-state index in [1.807, 2.05) is 43.4 Å². The van der Waals surface area contributed by atoms with Crippen LogP contribution in [-0.2, 0) is 11.3 Å². The van der Waals surface area contributed by atoms with Crippen LogP contribution < -0.4 is 10.2 Å². The third-order valence-electron chi connectivity index (χ3n) is 5.60. The number of amides is 1. The van der Waals surface area contributed by atoms with Crippen LogP contribution in [0.3, 0.4) is 0 Å². The minimum absolute atomic E-state index is 0.158. The van der Waals surface area contributed by atoms with E-state index in [1.54, 1.807) is 17.2 Å². The third kappa shape index (κ3) is 5.78. The number of halogens is 3. The molecule has 188 valence electrons. The molecule has 0 aliphatic carbocycles. The van der Waals surface area contributed by atoms with Crippen molar-refractivity contribution in [3.63, 3.8) is 0 Å². The van der Waals surface area contributed by atoms with E-state index in [4.69, 9.17) is 21.3 Å². The number of fused-ring (bicyclic) bond motifs is 1. The molecule has 1 saturated heterocycles. The lowest BCUT2D eigenvalue weighted by molar-refractivity contribution is 0.0240. The summed E-state index contributed by atoms with van der Waals surface area (Å²) in [5.74, 6) is 1.23. The Kier molecular flexibility index (Phi) is 7.37. The van der Waals surface area contributed by atoms with Gasteiger partial charge >= 0.3 is 6.09 Å². The maximum Gasteiger partial charge on any atom is 0.410 e. The van der Waals surface area contributed by atoms with Gasteiger partial charge in [0.25, 0.3) is 0 Å². The molecule has 0 spiro atoms. The zero-order chi connectivity index (χ0) is 25.3. The highest BCUT2D eigenvalue weighted by molar-refractivity contribution is 9.10. The fourth-order valence-electron chi connectivity index (χ4n) is 3.83. The Morgan fingerprint density at radius 3 is 2.60 bits per heavy atom. The normalized spacial score (nSPS) is 14.5. The summed E-state index contributed by atoms with van der Waals surface area (Å²) in [6, 6.07) is 1.66. The standard InChI is InChI=1S/C23H28BrClFN7O2/c1-14-27-5-7-31(14)8-6-28-21-29-19-15(13-16(25)17(24)18(19)26)20(30-21)32-9-11-33(12-10-32)22(34)35-23(2,3)4/h5,7,13H,6,8-12H2,1-4H3,(H,28,29,30). The van der Waals surface area contributed by atoms with E-state index in [2.05, 4.69) is 31.2 Å². The van der Waals surface area contributed by atoms with Gasteiger partial charge in [-0.05, 0) is 49.7 Å². The van der Waals surface area contributed by atoms with Crippen LogP contribution in [0.2, 0.25) is 5.02 Å². The molecule has 1 aromatic carbocycles. The van der Waals surface area contributed by atoms with Gasteiger partial charge in [-0.25, -0.2) is 19.2 Å². The lowest BCUT2D eigenvalue weighted by Crippen LogP contribution is -2.50. The van der Waals surface area contributed by atoms with Crippen LogP contribution in [0.1, 0.15) is 26.6 Å². The monoisotopic (exact) mass is 567 g/mol. The van der Waals surface area contributed by atoms with Gasteiger partial charge in [-0.15, -0.1) is 0 Å². The summed E-state index contributed by atoms with van der Waals surface area (Å²) < 4.78 is 22.8. The van der Waals surface area contributed by atoms with Gasteiger partial charge in [-0.1, -0.05) is 11.6 Å². The van der Waals surface area contributed by atoms with Crippen LogP contribution in [0.25, 0.3) is 10.9 Å². The number of anilines is 2. The van der Waals surface area contributed by atoms with Gasteiger partial charge in [0.1, 0.15) is 22.8 Å². The van der Waals surface area contributed by atoms with E-state index in [9.17, 15) is 4.79 Å². The van der Waals surface area contributed by atoms with Gasteiger partial charge in [0.15, 0.2) is 5.82 Å². The van der Waals surface area contributed by atoms with Crippen molar-refractivity contribution >= 4 is 56.3 Å². The van der Waals surface area contributed by atoms with Crippen LogP contribution in [0, 0.1) is 12.7 Å². The average molecular weight is 569 g/mol. The molecular weight excluding hydrogens is 541 g/mol. The van der Waals surface area contributed by atoms with Crippen molar-refractivity contribution in [2.45, 2.75) is 39.8 Å². The van der Waals surface area contributed by atoms with E-state index in [1.165, 1.54) is 0 Å². The maximum atomic E-state index is 15.2. The Balaban J connectivity index is 1.58. The summed E-state index contributed by atoms with van der Waals surface area (Å²) in [7, 11) is 0. The number of piperazine rings is 1. The average Bonchev–Trinajstić information content (AvgIpc) is 3.21. The van der Waals surface area contributed by atoms with Crippen molar-refractivity contribution in [3.8, 4) is 0 Å². The summed E-state index contributed by atoms with van der Waals surface area (Å²) in [5.41, 5.74) is -0.392. The van der Waals surface area contributed by atoms with Gasteiger partial charge in [0.05, 0.1) is 9.50 Å². The number of aryl methyl sites for hydroxylation is 1. The van der Waals surface area contributed by atoms with Crippen LogP contribution >= 0.6 is 27.5 Å². The van der Waals surface area contributed by atoms with Crippen molar-refractivity contribution in [2.75, 3.05) is 42.9 Å². The quantitative estimate of drug-likeness (QED) is 0.440. The Hall–Kier alpha value is -2.66. The van der Waals surface area contributed by atoms with E-state index < -0.39 is 11.4 Å². The summed E-state index contributed by atoms with van der Waals surface area (Å²) in [4.78, 5) is 29.5. The van der Waals surface area contributed by atoms with E-state index >= 15 is 4.39 Å². The predicted molar refractivity (Wildman–Crippen MR) is 138 cm³/mol. The Morgan fingerprint density at radius 1 is 1.26 bits per heavy atom. The molecular formula is C23H28BrClFN7O2. The number of hydrogen-bond acceptors (Lipinski definition) is 7. The number of ether oxygens (including phenoxy) is 1. The SMILES string of the molecule is Cc1nccn1CCNc1nc(N2CCN(C(=O)OC(C)(C)C)CC2)c2cc(Cl)c(Br)c(F)c2n1. The number of hydrogen-bond donors (Lipinski definition) is 1. The largest absolute Gasteiger partial charge is 0.444 e. The van der Waals surface area contributed by atoms with Crippen molar-refractivity contribution < 1.29 is 13.9 Å². The number of carbonyl (C=O) groups is 1. The van der Waals surface area contributed by atoms with Crippen molar-refractivity contribution in [3.05, 3.63) is 39.6 Å². The summed E-state index contributed by atoms with van der Waals surface area (Å²) in [5, 5.41) is 3.95. The number of nitrogens with one attached hydrogen (secondary N) is 1. The van der Waals surface area contributed by atoms with Crippen LogP contribution in [0.15, 0.2) is 22.9 Å². The first kappa shape index (κ1) is 25.4. The first-order valence-electron chi connectivity index (χ1n) is 11.3. The predicted octanol–water partition coefficient (Wildman–Crippen LogP) is 4.86. The minimum atomic E-state index is -0.561. The fourth-order valence-corrected chi connectivity index (χ4v) is 4.33. The van der Waals surface area contributed by atoms with Gasteiger partial charge < -0.3 is 24.4 Å². The highest BCUT2D eigenvalue weighted by Crippen LogP contribution is 2.36. The molecule has 12 heteroatoms. The smallest absolute Gasteiger partial charge is 0.410 e. The van der Waals surface area contributed by atoms with E-state index in [0.29, 0.717) is 56.4 Å². The molecule has 3 aromatic rings. The van der Waals surface area contributed by atoms with Crippen LogP contribution in [-0.4, -0.2) is 68.8 Å². The molecule has 1 fully saturated rings. The molecule has 0 radical (unpaired) electrons. The van der Waals surface area contributed by atoms with Gasteiger partial charge in [0, 0.05) is 57.0 Å². The molecule has 0 saturated carbocycles. The molecule has 1 aliphatic rings. The zero-order valence-corrected chi connectivity index (χ0v) is 22.5. The lowest BCUT2D eigenvalue weighted by Gasteiger charge is -2.36. The van der Waals surface area contributed by atoms with Crippen molar-refractivity contribution in [2.24, 2.45) is 0 Å². The number of imidazole rings is 1. The maximum absolute atomic E-state index is 15.2. The Labute approximate surface area is 216 Å². The van der Waals surface area contributed by atoms with Gasteiger partial charge in [0.2, 0.25) is 5.95 Å². The zero-order valence-electron chi connectivity index (χ0n) is 20.1. The first-order valence-corrected chi connectivity index (χ1v) is 12.5. The number of aromatic nitrogens is 4. The number of nitrogens with zero attached hydrogens (tertiary/aromatic N) is 6. The van der Waals surface area contributed by atoms with Crippen molar-refractivity contribution in [1.29, 1.82) is 0 Å². The Bertz CT molecular complexity index is 1240. The number of carbonyl (C=O) groups excluding carboxylic acids is 1. The Morgan fingerprint density at radius 2 is 1.97 bits per heavy atom. The summed E-state index contributed by atoms with van der Waals surface area (Å²) in [6.45, 7) is 10.6. The molecule has 1 amide bonds. The molecule has 0 atom stereocenters.